The molecule has 2 N–H and O–H groups in total. The third-order valence-corrected chi connectivity index (χ3v) is 3.10. The first-order chi connectivity index (χ1) is 8.08. The molecule has 0 aromatic heterocycles. The van der Waals surface area contributed by atoms with Gasteiger partial charge in [-0.3, -0.25) is 9.59 Å². The molecule has 5 heteroatoms. The Hall–Kier alpha value is -1.72. The van der Waals surface area contributed by atoms with Gasteiger partial charge in [0.15, 0.2) is 11.7 Å². The molecule has 90 valence electrons. The third kappa shape index (κ3) is 1.40. The lowest BCUT2D eigenvalue weighted by molar-refractivity contribution is -0.231. The molecular weight excluding hydrogens is 222 g/mol. The quantitative estimate of drug-likeness (QED) is 0.608. The van der Waals surface area contributed by atoms with Crippen molar-refractivity contribution in [2.45, 2.75) is 5.79 Å². The Balaban J connectivity index is 2.69. The van der Waals surface area contributed by atoms with E-state index < -0.39 is 17.6 Å². The van der Waals surface area contributed by atoms with Gasteiger partial charge >= 0.3 is 0 Å². The van der Waals surface area contributed by atoms with Gasteiger partial charge in [-0.1, -0.05) is 24.3 Å². The van der Waals surface area contributed by atoms with Crippen molar-refractivity contribution in [3.8, 4) is 0 Å². The van der Waals surface area contributed by atoms with E-state index in [-0.39, 0.29) is 5.78 Å². The van der Waals surface area contributed by atoms with E-state index in [4.69, 9.17) is 15.2 Å². The predicted octanol–water partition coefficient (Wildman–Crippen LogP) is 0.430. The van der Waals surface area contributed by atoms with Crippen molar-refractivity contribution >= 4 is 11.7 Å². The summed E-state index contributed by atoms with van der Waals surface area (Å²) in [6.07, 6.45) is 0. The average molecular weight is 235 g/mol. The number of ketones is 1. The minimum atomic E-state index is -1.40. The first-order valence-corrected chi connectivity index (χ1v) is 5.12. The molecule has 0 saturated heterocycles. The average Bonchev–Trinajstić information content (AvgIpc) is 2.60. The number of benzene rings is 1. The maximum absolute atomic E-state index is 12.1. The Morgan fingerprint density at radius 1 is 1.29 bits per heavy atom. The summed E-state index contributed by atoms with van der Waals surface area (Å²) < 4.78 is 10.5. The fourth-order valence-electron chi connectivity index (χ4n) is 2.34. The maximum atomic E-state index is 12.1. The molecule has 0 saturated carbocycles. The van der Waals surface area contributed by atoms with Gasteiger partial charge < -0.3 is 15.2 Å². The summed E-state index contributed by atoms with van der Waals surface area (Å²) in [5.41, 5.74) is 6.23. The van der Waals surface area contributed by atoms with Crippen molar-refractivity contribution < 1.29 is 19.1 Å². The summed E-state index contributed by atoms with van der Waals surface area (Å²) >= 11 is 0. The Labute approximate surface area is 98.5 Å². The minimum absolute atomic E-state index is 0.364. The molecule has 1 aliphatic rings. The van der Waals surface area contributed by atoms with Gasteiger partial charge in [0.2, 0.25) is 11.7 Å². The highest BCUT2D eigenvalue weighted by atomic mass is 16.7. The van der Waals surface area contributed by atoms with Crippen LogP contribution >= 0.6 is 0 Å². The van der Waals surface area contributed by atoms with Crippen molar-refractivity contribution in [1.29, 1.82) is 0 Å². The summed E-state index contributed by atoms with van der Waals surface area (Å²) in [6.45, 7) is 0. The van der Waals surface area contributed by atoms with Gasteiger partial charge in [-0.05, 0) is 0 Å². The van der Waals surface area contributed by atoms with Crippen LogP contribution in [-0.4, -0.2) is 25.9 Å². The first kappa shape index (κ1) is 11.8. The second-order valence-electron chi connectivity index (χ2n) is 3.82. The van der Waals surface area contributed by atoms with Crippen LogP contribution in [0.2, 0.25) is 0 Å². The molecule has 1 aliphatic carbocycles. The highest BCUT2D eigenvalue weighted by Gasteiger charge is 2.56. The first-order valence-electron chi connectivity index (χ1n) is 5.12. The number of nitrogens with two attached hydrogens (primary N) is 1. The number of Topliss-reactive ketones (excluding diaryl/α,β-unsaturated/α-hetero) is 1. The highest BCUT2D eigenvalue weighted by molar-refractivity contribution is 6.14. The zero-order valence-corrected chi connectivity index (χ0v) is 9.60. The fourth-order valence-corrected chi connectivity index (χ4v) is 2.34. The molecule has 1 amide bonds. The summed E-state index contributed by atoms with van der Waals surface area (Å²) in [7, 11) is 2.77. The van der Waals surface area contributed by atoms with Crippen LogP contribution in [0.4, 0.5) is 0 Å². The summed E-state index contributed by atoms with van der Waals surface area (Å²) in [5, 5.41) is 0. The molecule has 17 heavy (non-hydrogen) atoms. The van der Waals surface area contributed by atoms with Crippen LogP contribution < -0.4 is 5.73 Å². The Morgan fingerprint density at radius 2 is 1.88 bits per heavy atom. The van der Waals surface area contributed by atoms with Crippen molar-refractivity contribution in [3.63, 3.8) is 0 Å². The Kier molecular flexibility index (Phi) is 2.73. The summed E-state index contributed by atoms with van der Waals surface area (Å²) in [6, 6.07) is 6.80. The molecule has 0 fully saturated rings. The number of amides is 1. The normalized spacial score (nSPS) is 21.3. The fraction of sp³-hybridized carbons (Fsp3) is 0.333. The largest absolute Gasteiger partial charge is 0.369 e. The zero-order valence-electron chi connectivity index (χ0n) is 9.60. The van der Waals surface area contributed by atoms with Crippen LogP contribution in [0.3, 0.4) is 0 Å². The van der Waals surface area contributed by atoms with Crippen LogP contribution in [0.5, 0.6) is 0 Å². The van der Waals surface area contributed by atoms with E-state index in [1.807, 2.05) is 0 Å². The van der Waals surface area contributed by atoms with Gasteiger partial charge in [0.1, 0.15) is 0 Å². The number of primary amides is 1. The molecule has 2 rings (SSSR count). The molecule has 5 nitrogen and oxygen atoms in total. The van der Waals surface area contributed by atoms with Gasteiger partial charge in [0.05, 0.1) is 0 Å². The Morgan fingerprint density at radius 3 is 2.41 bits per heavy atom. The lowest BCUT2D eigenvalue weighted by Gasteiger charge is -2.30. The van der Waals surface area contributed by atoms with Crippen LogP contribution in [0.15, 0.2) is 24.3 Å². The van der Waals surface area contributed by atoms with E-state index in [0.717, 1.165) is 0 Å². The number of hydrogen-bond donors (Lipinski definition) is 1. The standard InChI is InChI=1S/C12H13NO4/c1-16-12(17-2)8-6-4-3-5-7(8)10(14)9(12)11(13)15/h3-6,9H,1-2H3,(H2,13,15). The minimum Gasteiger partial charge on any atom is -0.369 e. The molecule has 0 bridgehead atoms. The van der Waals surface area contributed by atoms with Crippen molar-refractivity contribution in [3.05, 3.63) is 35.4 Å². The van der Waals surface area contributed by atoms with Gasteiger partial charge in [-0.2, -0.15) is 0 Å². The molecule has 1 aromatic rings. The SMILES string of the molecule is COC1(OC)c2ccccc2C(=O)C1C(N)=O. The van der Waals surface area contributed by atoms with Gasteiger partial charge in [0.25, 0.3) is 0 Å². The number of rotatable bonds is 3. The van der Waals surface area contributed by atoms with Crippen molar-refractivity contribution in [1.82, 2.24) is 0 Å². The number of carbonyl (C=O) groups is 2. The van der Waals surface area contributed by atoms with Gasteiger partial charge in [-0.25, -0.2) is 0 Å². The maximum Gasteiger partial charge on any atom is 0.234 e. The van der Waals surface area contributed by atoms with E-state index in [1.165, 1.54) is 14.2 Å². The number of ether oxygens (including phenoxy) is 2. The van der Waals surface area contributed by atoms with Crippen LogP contribution in [0, 0.1) is 5.92 Å². The topological polar surface area (TPSA) is 78.6 Å². The zero-order chi connectivity index (χ0) is 12.6. The monoisotopic (exact) mass is 235 g/mol. The summed E-state index contributed by atoms with van der Waals surface area (Å²) in [4.78, 5) is 23.6. The molecule has 1 atom stereocenters. The molecule has 0 aliphatic heterocycles. The number of methoxy groups -OCH3 is 2. The van der Waals surface area contributed by atoms with Crippen LogP contribution in [-0.2, 0) is 20.1 Å². The van der Waals surface area contributed by atoms with E-state index in [0.29, 0.717) is 11.1 Å². The van der Waals surface area contributed by atoms with Gasteiger partial charge in [-0.15, -0.1) is 0 Å². The molecule has 0 heterocycles. The lowest BCUT2D eigenvalue weighted by Crippen LogP contribution is -2.45. The van der Waals surface area contributed by atoms with E-state index in [2.05, 4.69) is 0 Å². The number of hydrogen-bond acceptors (Lipinski definition) is 4. The van der Waals surface area contributed by atoms with Gasteiger partial charge in [0, 0.05) is 25.3 Å². The summed E-state index contributed by atoms with van der Waals surface area (Å²) in [5.74, 6) is -3.67. The second kappa shape index (κ2) is 3.94. The van der Waals surface area contributed by atoms with Crippen molar-refractivity contribution in [2.24, 2.45) is 11.7 Å². The van der Waals surface area contributed by atoms with E-state index in [9.17, 15) is 9.59 Å². The number of fused-ring (bicyclic) bond motifs is 1. The molecule has 1 unspecified atom stereocenters. The Bertz CT molecular complexity index is 479. The third-order valence-electron chi connectivity index (χ3n) is 3.10. The van der Waals surface area contributed by atoms with Crippen LogP contribution in [0.25, 0.3) is 0 Å². The lowest BCUT2D eigenvalue weighted by atomic mass is 9.97. The smallest absolute Gasteiger partial charge is 0.234 e. The molecule has 1 aromatic carbocycles. The highest BCUT2D eigenvalue weighted by Crippen LogP contribution is 2.44. The van der Waals surface area contributed by atoms with Crippen molar-refractivity contribution in [2.75, 3.05) is 14.2 Å². The molecular formula is C12H13NO4. The van der Waals surface area contributed by atoms with Crippen LogP contribution in [0.1, 0.15) is 15.9 Å². The van der Waals surface area contributed by atoms with E-state index >= 15 is 0 Å². The second-order valence-corrected chi connectivity index (χ2v) is 3.82. The molecule has 0 spiro atoms. The van der Waals surface area contributed by atoms with E-state index in [1.54, 1.807) is 24.3 Å². The molecule has 0 radical (unpaired) electrons. The number of carbonyl (C=O) groups excluding carboxylic acids is 2. The predicted molar refractivity (Wildman–Crippen MR) is 59.2 cm³/mol.